The summed E-state index contributed by atoms with van der Waals surface area (Å²) in [5.41, 5.74) is 4.49. The number of rotatable bonds is 4. The molecule has 3 nitrogen and oxygen atoms in total. The molecule has 0 heterocycles. The second-order valence-electron chi connectivity index (χ2n) is 5.48. The van der Waals surface area contributed by atoms with Gasteiger partial charge in [-0.25, -0.2) is 4.79 Å². The molecular formula is C18H20O3. The average Bonchev–Trinajstić information content (AvgIpc) is 2.41. The van der Waals surface area contributed by atoms with Crippen LogP contribution in [0, 0.1) is 13.8 Å². The molecule has 0 saturated heterocycles. The lowest BCUT2D eigenvalue weighted by atomic mass is 9.98. The van der Waals surface area contributed by atoms with E-state index < -0.39 is 5.97 Å². The van der Waals surface area contributed by atoms with Crippen LogP contribution in [0.4, 0.5) is 0 Å². The van der Waals surface area contributed by atoms with Gasteiger partial charge in [-0.3, -0.25) is 0 Å². The van der Waals surface area contributed by atoms with E-state index in [0.29, 0.717) is 5.75 Å². The highest BCUT2D eigenvalue weighted by Crippen LogP contribution is 2.28. The van der Waals surface area contributed by atoms with E-state index in [9.17, 15) is 9.90 Å². The normalized spacial score (nSPS) is 10.7. The van der Waals surface area contributed by atoms with Crippen molar-refractivity contribution in [3.05, 3.63) is 53.1 Å². The van der Waals surface area contributed by atoms with E-state index in [1.807, 2.05) is 39.0 Å². The minimum atomic E-state index is -0.976. The molecule has 0 spiro atoms. The van der Waals surface area contributed by atoms with Crippen molar-refractivity contribution >= 4 is 5.97 Å². The van der Waals surface area contributed by atoms with E-state index in [2.05, 4.69) is 13.0 Å². The Kier molecular flexibility index (Phi) is 4.32. The molecule has 0 atom stereocenters. The summed E-state index contributed by atoms with van der Waals surface area (Å²) in [5.74, 6) is -0.568. The second-order valence-corrected chi connectivity index (χ2v) is 5.48. The third-order valence-corrected chi connectivity index (χ3v) is 3.41. The van der Waals surface area contributed by atoms with Gasteiger partial charge < -0.3 is 9.84 Å². The van der Waals surface area contributed by atoms with Crippen LogP contribution in [0.2, 0.25) is 0 Å². The molecule has 0 aromatic heterocycles. The van der Waals surface area contributed by atoms with Gasteiger partial charge in [0.15, 0.2) is 0 Å². The molecule has 21 heavy (non-hydrogen) atoms. The lowest BCUT2D eigenvalue weighted by Crippen LogP contribution is -2.10. The summed E-state index contributed by atoms with van der Waals surface area (Å²) in [6.45, 7) is 7.86. The molecule has 3 heteroatoms. The fraction of sp³-hybridized carbons (Fsp3) is 0.278. The van der Waals surface area contributed by atoms with Gasteiger partial charge in [-0.05, 0) is 62.1 Å². The molecule has 2 aromatic carbocycles. The maximum Gasteiger partial charge on any atom is 0.339 e. The van der Waals surface area contributed by atoms with E-state index in [1.165, 1.54) is 11.1 Å². The predicted octanol–water partition coefficient (Wildman–Crippen LogP) is 4.46. The van der Waals surface area contributed by atoms with Crippen LogP contribution in [0.25, 0.3) is 11.1 Å². The van der Waals surface area contributed by atoms with Gasteiger partial charge in [0.2, 0.25) is 0 Å². The topological polar surface area (TPSA) is 46.5 Å². The standard InChI is InChI=1S/C18H20O3/c1-11(2)21-17-8-7-15(10-16(17)18(19)20)14-6-5-12(3)13(4)9-14/h5-11H,1-4H3,(H,19,20). The molecule has 0 bridgehead atoms. The van der Waals surface area contributed by atoms with Crippen LogP contribution in [0.1, 0.15) is 35.3 Å². The third kappa shape index (κ3) is 3.43. The Bertz CT molecular complexity index is 672. The maximum atomic E-state index is 11.4. The van der Waals surface area contributed by atoms with Crippen molar-refractivity contribution in [1.82, 2.24) is 0 Å². The van der Waals surface area contributed by atoms with Gasteiger partial charge in [-0.2, -0.15) is 0 Å². The number of ether oxygens (including phenoxy) is 1. The van der Waals surface area contributed by atoms with Crippen molar-refractivity contribution < 1.29 is 14.6 Å². The summed E-state index contributed by atoms with van der Waals surface area (Å²) in [6, 6.07) is 11.4. The minimum absolute atomic E-state index is 0.0597. The zero-order valence-corrected chi connectivity index (χ0v) is 12.8. The van der Waals surface area contributed by atoms with Gasteiger partial charge in [0.25, 0.3) is 0 Å². The summed E-state index contributed by atoms with van der Waals surface area (Å²) in [7, 11) is 0. The van der Waals surface area contributed by atoms with Crippen LogP contribution in [0.5, 0.6) is 5.75 Å². The molecule has 2 aromatic rings. The molecule has 0 aliphatic rings. The quantitative estimate of drug-likeness (QED) is 0.901. The van der Waals surface area contributed by atoms with Crippen molar-refractivity contribution in [2.75, 3.05) is 0 Å². The largest absolute Gasteiger partial charge is 0.490 e. The Morgan fingerprint density at radius 1 is 1.00 bits per heavy atom. The Labute approximate surface area is 125 Å². The lowest BCUT2D eigenvalue weighted by Gasteiger charge is -2.14. The average molecular weight is 284 g/mol. The van der Waals surface area contributed by atoms with Gasteiger partial charge in [-0.1, -0.05) is 24.3 Å². The smallest absolute Gasteiger partial charge is 0.339 e. The number of carbonyl (C=O) groups is 1. The van der Waals surface area contributed by atoms with Crippen LogP contribution >= 0.6 is 0 Å². The van der Waals surface area contributed by atoms with Crippen LogP contribution in [-0.2, 0) is 0 Å². The van der Waals surface area contributed by atoms with Gasteiger partial charge >= 0.3 is 5.97 Å². The van der Waals surface area contributed by atoms with Gasteiger partial charge in [0, 0.05) is 0 Å². The van der Waals surface area contributed by atoms with Crippen LogP contribution in [0.3, 0.4) is 0 Å². The first kappa shape index (κ1) is 15.1. The van der Waals surface area contributed by atoms with Gasteiger partial charge in [0.1, 0.15) is 11.3 Å². The van der Waals surface area contributed by atoms with E-state index in [0.717, 1.165) is 11.1 Å². The number of hydrogen-bond donors (Lipinski definition) is 1. The third-order valence-electron chi connectivity index (χ3n) is 3.41. The molecule has 0 amide bonds. The maximum absolute atomic E-state index is 11.4. The SMILES string of the molecule is Cc1ccc(-c2ccc(OC(C)C)c(C(=O)O)c2)cc1C. The van der Waals surface area contributed by atoms with Crippen LogP contribution in [0.15, 0.2) is 36.4 Å². The number of benzene rings is 2. The summed E-state index contributed by atoms with van der Waals surface area (Å²) >= 11 is 0. The van der Waals surface area contributed by atoms with Gasteiger partial charge in [-0.15, -0.1) is 0 Å². The Morgan fingerprint density at radius 2 is 1.62 bits per heavy atom. The number of hydrogen-bond acceptors (Lipinski definition) is 2. The van der Waals surface area contributed by atoms with E-state index in [-0.39, 0.29) is 11.7 Å². The first-order valence-electron chi connectivity index (χ1n) is 7.00. The predicted molar refractivity (Wildman–Crippen MR) is 84.1 cm³/mol. The Hall–Kier alpha value is -2.29. The van der Waals surface area contributed by atoms with Crippen LogP contribution in [-0.4, -0.2) is 17.2 Å². The van der Waals surface area contributed by atoms with Crippen molar-refractivity contribution in [1.29, 1.82) is 0 Å². The van der Waals surface area contributed by atoms with Crippen molar-refractivity contribution in [3.8, 4) is 16.9 Å². The molecule has 0 aliphatic heterocycles. The van der Waals surface area contributed by atoms with E-state index >= 15 is 0 Å². The summed E-state index contributed by atoms with van der Waals surface area (Å²) in [4.78, 5) is 11.4. The lowest BCUT2D eigenvalue weighted by molar-refractivity contribution is 0.0690. The Morgan fingerprint density at radius 3 is 2.19 bits per heavy atom. The highest BCUT2D eigenvalue weighted by Gasteiger charge is 2.14. The summed E-state index contributed by atoms with van der Waals surface area (Å²) in [6.07, 6.45) is -0.0597. The summed E-state index contributed by atoms with van der Waals surface area (Å²) < 4.78 is 5.56. The number of aryl methyl sites for hydroxylation is 2. The van der Waals surface area contributed by atoms with Crippen LogP contribution < -0.4 is 4.74 Å². The first-order valence-corrected chi connectivity index (χ1v) is 7.00. The highest BCUT2D eigenvalue weighted by atomic mass is 16.5. The van der Waals surface area contributed by atoms with E-state index in [4.69, 9.17) is 4.74 Å². The molecular weight excluding hydrogens is 264 g/mol. The second kappa shape index (κ2) is 6.00. The van der Waals surface area contributed by atoms with Crippen molar-refractivity contribution in [2.24, 2.45) is 0 Å². The fourth-order valence-corrected chi connectivity index (χ4v) is 2.15. The van der Waals surface area contributed by atoms with Crippen molar-refractivity contribution in [2.45, 2.75) is 33.8 Å². The zero-order chi connectivity index (χ0) is 15.6. The molecule has 2 rings (SSSR count). The fourth-order valence-electron chi connectivity index (χ4n) is 2.15. The number of aromatic carboxylic acids is 1. The Balaban J connectivity index is 2.48. The molecule has 110 valence electrons. The highest BCUT2D eigenvalue weighted by molar-refractivity contribution is 5.92. The molecule has 0 unspecified atom stereocenters. The number of carboxylic acid groups (broad SMARTS) is 1. The van der Waals surface area contributed by atoms with Gasteiger partial charge in [0.05, 0.1) is 6.10 Å². The molecule has 0 saturated carbocycles. The minimum Gasteiger partial charge on any atom is -0.490 e. The molecule has 1 N–H and O–H groups in total. The zero-order valence-electron chi connectivity index (χ0n) is 12.8. The monoisotopic (exact) mass is 284 g/mol. The van der Waals surface area contributed by atoms with Crippen molar-refractivity contribution in [3.63, 3.8) is 0 Å². The number of carboxylic acids is 1. The summed E-state index contributed by atoms with van der Waals surface area (Å²) in [5, 5.41) is 9.37. The molecule has 0 aliphatic carbocycles. The first-order chi connectivity index (χ1) is 9.88. The molecule has 0 radical (unpaired) electrons. The molecule has 0 fully saturated rings. The van der Waals surface area contributed by atoms with E-state index in [1.54, 1.807) is 12.1 Å².